The number of phosphoric acid groups is 1. The lowest BCUT2D eigenvalue weighted by atomic mass is 10.1. The fourth-order valence-corrected chi connectivity index (χ4v) is 9.18. The van der Waals surface area contributed by atoms with Gasteiger partial charge in [0, 0.05) is 12.8 Å². The third-order valence-electron chi connectivity index (χ3n) is 13.5. The molecule has 0 spiro atoms. The first-order valence-corrected chi connectivity index (χ1v) is 34.7. The summed E-state index contributed by atoms with van der Waals surface area (Å²) in [6, 6.07) is 0. The minimum absolute atomic E-state index is 0.0439. The van der Waals surface area contributed by atoms with Crippen molar-refractivity contribution in [3.63, 3.8) is 0 Å². The van der Waals surface area contributed by atoms with Gasteiger partial charge in [-0.1, -0.05) is 262 Å². The van der Waals surface area contributed by atoms with Crippen LogP contribution in [0.1, 0.15) is 245 Å². The molecule has 0 rings (SSSR count). The molecule has 0 aromatic carbocycles. The second-order valence-corrected chi connectivity index (χ2v) is 24.2. The number of allylic oxidation sites excluding steroid dienone is 26. The minimum Gasteiger partial charge on any atom is -0.756 e. The van der Waals surface area contributed by atoms with E-state index < -0.39 is 32.5 Å². The van der Waals surface area contributed by atoms with Gasteiger partial charge in [-0.2, -0.15) is 0 Å². The van der Waals surface area contributed by atoms with Crippen molar-refractivity contribution in [3.05, 3.63) is 158 Å². The number of hydrogen-bond donors (Lipinski definition) is 0. The Morgan fingerprint density at radius 3 is 1.01 bits per heavy atom. The standard InChI is InChI=1S/C74H122NO8P/c1-6-8-10-12-14-16-18-20-22-24-26-28-29-30-31-32-33-34-35-36-37-38-39-40-41-42-43-44-45-47-49-51-53-55-57-59-61-63-65-67-74(77)83-72(71-82-84(78,79)81-69-68-75(3,4)5)70-80-73(76)66-64-62-60-58-56-54-52-50-48-46-27-25-23-21-19-17-15-13-11-9-7-2/h8,10,14,16,19-22,25-28,30-31,33-34,36-37,39-40,42-43,45,47,51,53,72H,6-7,9,11-13,15,17-18,23-24,29,32,35,38,41,44,46,48-50,52,54-71H2,1-5H3/b10-8-,16-14-,21-19-,22-20-,27-25-,28-26-,31-30-,34-33-,37-36-,40-39-,43-42-,47-45-,53-51-. The highest BCUT2D eigenvalue weighted by Crippen LogP contribution is 2.38. The van der Waals surface area contributed by atoms with Crippen LogP contribution in [0.15, 0.2) is 158 Å². The van der Waals surface area contributed by atoms with Gasteiger partial charge in [0.1, 0.15) is 19.8 Å². The number of carbonyl (C=O) groups excluding carboxylic acids is 2. The summed E-state index contributed by atoms with van der Waals surface area (Å²) in [5, 5.41) is 0. The van der Waals surface area contributed by atoms with Crippen molar-refractivity contribution in [1.29, 1.82) is 0 Å². The lowest BCUT2D eigenvalue weighted by molar-refractivity contribution is -0.870. The molecule has 0 aromatic heterocycles. The smallest absolute Gasteiger partial charge is 0.306 e. The van der Waals surface area contributed by atoms with E-state index in [4.69, 9.17) is 18.5 Å². The van der Waals surface area contributed by atoms with E-state index in [0.717, 1.165) is 135 Å². The molecule has 9 nitrogen and oxygen atoms in total. The molecule has 2 atom stereocenters. The maximum atomic E-state index is 12.8. The summed E-state index contributed by atoms with van der Waals surface area (Å²) >= 11 is 0. The van der Waals surface area contributed by atoms with Gasteiger partial charge in [0.15, 0.2) is 6.10 Å². The van der Waals surface area contributed by atoms with E-state index in [1.54, 1.807) is 0 Å². The van der Waals surface area contributed by atoms with E-state index in [9.17, 15) is 19.0 Å². The maximum absolute atomic E-state index is 12.8. The molecule has 0 saturated heterocycles. The SMILES string of the molecule is CC/C=C\C/C=C\C/C=C\C/C=C\C/C=C\C/C=C\C/C=C\C/C=C\C/C=C\C/C=C\C/C=C\CCCCCCCC(=O)OC(COC(=O)CCCCCCCCCCC/C=C\C/C=C\CCCCCCC)COP(=O)([O-])OCC[N+](C)(C)C. The molecular formula is C74H122NO8P. The van der Waals surface area contributed by atoms with Gasteiger partial charge >= 0.3 is 11.9 Å². The monoisotopic (exact) mass is 1180 g/mol. The lowest BCUT2D eigenvalue weighted by Gasteiger charge is -2.28. The summed E-state index contributed by atoms with van der Waals surface area (Å²) in [6.45, 7) is 4.08. The Morgan fingerprint density at radius 2 is 0.679 bits per heavy atom. The first-order chi connectivity index (χ1) is 41.0. The van der Waals surface area contributed by atoms with Gasteiger partial charge in [-0.25, -0.2) is 0 Å². The number of quaternary nitrogens is 1. The van der Waals surface area contributed by atoms with Crippen molar-refractivity contribution in [3.8, 4) is 0 Å². The zero-order valence-corrected chi connectivity index (χ0v) is 54.9. The molecule has 0 amide bonds. The van der Waals surface area contributed by atoms with Gasteiger partial charge in [-0.3, -0.25) is 14.2 Å². The molecule has 0 aliphatic heterocycles. The number of likely N-dealkylation sites (N-methyl/N-ethyl adjacent to an activating group) is 1. The van der Waals surface area contributed by atoms with Crippen LogP contribution in [0.3, 0.4) is 0 Å². The second-order valence-electron chi connectivity index (χ2n) is 22.7. The van der Waals surface area contributed by atoms with Crippen LogP contribution in [-0.4, -0.2) is 70.0 Å². The fraction of sp³-hybridized carbons (Fsp3) is 0.622. The topological polar surface area (TPSA) is 111 Å². The molecule has 0 fully saturated rings. The van der Waals surface area contributed by atoms with Gasteiger partial charge < -0.3 is 27.9 Å². The van der Waals surface area contributed by atoms with E-state index in [0.29, 0.717) is 23.9 Å². The molecule has 476 valence electrons. The molecule has 0 aliphatic carbocycles. The van der Waals surface area contributed by atoms with Crippen LogP contribution in [0.5, 0.6) is 0 Å². The zero-order chi connectivity index (χ0) is 61.2. The van der Waals surface area contributed by atoms with Crippen LogP contribution >= 0.6 is 7.82 Å². The first-order valence-electron chi connectivity index (χ1n) is 33.2. The molecule has 0 saturated carbocycles. The predicted molar refractivity (Wildman–Crippen MR) is 360 cm³/mol. The van der Waals surface area contributed by atoms with Crippen LogP contribution in [0, 0.1) is 0 Å². The summed E-state index contributed by atoms with van der Waals surface area (Å²) < 4.78 is 34.2. The van der Waals surface area contributed by atoms with E-state index in [-0.39, 0.29) is 26.1 Å². The molecular weight excluding hydrogens is 1060 g/mol. The zero-order valence-electron chi connectivity index (χ0n) is 54.0. The number of nitrogens with zero attached hydrogens (tertiary/aromatic N) is 1. The van der Waals surface area contributed by atoms with Crippen molar-refractivity contribution < 1.29 is 42.1 Å². The molecule has 84 heavy (non-hydrogen) atoms. The number of carbonyl (C=O) groups is 2. The van der Waals surface area contributed by atoms with Gasteiger partial charge in [-0.05, 0) is 128 Å². The number of phosphoric ester groups is 1. The minimum atomic E-state index is -4.66. The summed E-state index contributed by atoms with van der Waals surface area (Å²) in [5.74, 6) is -0.869. The predicted octanol–water partition coefficient (Wildman–Crippen LogP) is 21.0. The third kappa shape index (κ3) is 66.8. The number of esters is 2. The van der Waals surface area contributed by atoms with Gasteiger partial charge in [0.2, 0.25) is 0 Å². The largest absolute Gasteiger partial charge is 0.756 e. The highest BCUT2D eigenvalue weighted by Gasteiger charge is 2.22. The molecule has 0 aliphatic rings. The Balaban J connectivity index is 4.20. The van der Waals surface area contributed by atoms with Crippen LogP contribution in [0.4, 0.5) is 0 Å². The van der Waals surface area contributed by atoms with E-state index in [2.05, 4.69) is 172 Å². The number of hydrogen-bond acceptors (Lipinski definition) is 8. The molecule has 0 aromatic rings. The normalized spacial score (nSPS) is 14.2. The van der Waals surface area contributed by atoms with Gasteiger partial charge in [0.05, 0.1) is 27.7 Å². The Morgan fingerprint density at radius 1 is 0.381 bits per heavy atom. The Labute approximate surface area is 516 Å². The quantitative estimate of drug-likeness (QED) is 0.0195. The summed E-state index contributed by atoms with van der Waals surface area (Å²) in [4.78, 5) is 38.0. The van der Waals surface area contributed by atoms with E-state index >= 15 is 0 Å². The molecule has 10 heteroatoms. The van der Waals surface area contributed by atoms with E-state index in [1.807, 2.05) is 21.1 Å². The van der Waals surface area contributed by atoms with Crippen LogP contribution in [-0.2, 0) is 32.7 Å². The van der Waals surface area contributed by atoms with Crippen LogP contribution in [0.25, 0.3) is 0 Å². The van der Waals surface area contributed by atoms with Crippen LogP contribution in [0.2, 0.25) is 0 Å². The van der Waals surface area contributed by atoms with Crippen molar-refractivity contribution in [2.45, 2.75) is 251 Å². The highest BCUT2D eigenvalue weighted by molar-refractivity contribution is 7.45. The van der Waals surface area contributed by atoms with Gasteiger partial charge in [-0.15, -0.1) is 0 Å². The van der Waals surface area contributed by atoms with Crippen molar-refractivity contribution in [2.75, 3.05) is 47.5 Å². The Hall–Kier alpha value is -4.37. The van der Waals surface area contributed by atoms with Crippen LogP contribution < -0.4 is 4.89 Å². The molecule has 0 N–H and O–H groups in total. The van der Waals surface area contributed by atoms with Gasteiger partial charge in [0.25, 0.3) is 7.82 Å². The number of rotatable bonds is 59. The van der Waals surface area contributed by atoms with Crippen molar-refractivity contribution in [1.82, 2.24) is 0 Å². The maximum Gasteiger partial charge on any atom is 0.306 e. The number of ether oxygens (including phenoxy) is 2. The third-order valence-corrected chi connectivity index (χ3v) is 14.5. The molecule has 2 unspecified atom stereocenters. The highest BCUT2D eigenvalue weighted by atomic mass is 31.2. The summed E-state index contributed by atoms with van der Waals surface area (Å²) in [5.41, 5.74) is 0. The first kappa shape index (κ1) is 79.6. The Kier molecular flexibility index (Phi) is 59.9. The summed E-state index contributed by atoms with van der Waals surface area (Å²) in [7, 11) is 1.13. The fourth-order valence-electron chi connectivity index (χ4n) is 8.46. The van der Waals surface area contributed by atoms with Crippen molar-refractivity contribution >= 4 is 19.8 Å². The molecule has 0 bridgehead atoms. The number of unbranched alkanes of at least 4 members (excludes halogenated alkanes) is 19. The van der Waals surface area contributed by atoms with E-state index in [1.165, 1.54) is 70.6 Å². The molecule has 0 radical (unpaired) electrons. The Bertz CT molecular complexity index is 1970. The average Bonchev–Trinajstić information content (AvgIpc) is 3.61. The summed E-state index contributed by atoms with van der Waals surface area (Å²) in [6.07, 6.45) is 94.5. The lowest BCUT2D eigenvalue weighted by Crippen LogP contribution is -2.37. The van der Waals surface area contributed by atoms with Crippen molar-refractivity contribution in [2.24, 2.45) is 0 Å². The average molecular weight is 1180 g/mol. The molecule has 0 heterocycles. The second kappa shape index (κ2) is 63.1.